The van der Waals surface area contributed by atoms with Gasteiger partial charge in [0.05, 0.1) is 4.91 Å². The Bertz CT molecular complexity index is 1030. The van der Waals surface area contributed by atoms with Gasteiger partial charge in [-0.2, -0.15) is 4.98 Å². The summed E-state index contributed by atoms with van der Waals surface area (Å²) in [6.45, 7) is 6.03. The van der Waals surface area contributed by atoms with Gasteiger partial charge < -0.3 is 9.84 Å². The second kappa shape index (κ2) is 9.42. The van der Waals surface area contributed by atoms with Crippen molar-refractivity contribution < 1.29 is 23.3 Å². The van der Waals surface area contributed by atoms with Gasteiger partial charge in [0.25, 0.3) is 11.1 Å². The summed E-state index contributed by atoms with van der Waals surface area (Å²) in [5.74, 6) is -0.287. The SMILES string of the molecule is CC(C)(C)c1noc(CCC(=O)NCCN2C(=O)S/C(=C\c3ccccc3F)C2=O)n1. The summed E-state index contributed by atoms with van der Waals surface area (Å²) in [6, 6.07) is 6.00. The van der Waals surface area contributed by atoms with E-state index in [1.165, 1.54) is 18.2 Å². The largest absolute Gasteiger partial charge is 0.354 e. The number of carbonyl (C=O) groups is 3. The standard InChI is InChI=1S/C21H23FN4O4S/c1-21(2,3)19-24-17(30-25-19)9-8-16(27)23-10-11-26-18(28)15(31-20(26)29)12-13-6-4-5-7-14(13)22/h4-7,12H,8-11H2,1-3H3,(H,23,27)/b15-12-. The number of rotatable bonds is 7. The highest BCUT2D eigenvalue weighted by molar-refractivity contribution is 8.18. The Labute approximate surface area is 183 Å². The molecule has 0 unspecified atom stereocenters. The first-order valence-electron chi connectivity index (χ1n) is 9.75. The molecule has 0 saturated carbocycles. The van der Waals surface area contributed by atoms with E-state index >= 15 is 0 Å². The van der Waals surface area contributed by atoms with Gasteiger partial charge >= 0.3 is 0 Å². The fraction of sp³-hybridized carbons (Fsp3) is 0.381. The van der Waals surface area contributed by atoms with Crippen LogP contribution in [0.4, 0.5) is 9.18 Å². The normalized spacial score (nSPS) is 15.7. The zero-order valence-electron chi connectivity index (χ0n) is 17.5. The zero-order chi connectivity index (χ0) is 22.6. The van der Waals surface area contributed by atoms with E-state index in [4.69, 9.17) is 4.52 Å². The van der Waals surface area contributed by atoms with E-state index in [-0.39, 0.29) is 41.3 Å². The molecule has 0 atom stereocenters. The van der Waals surface area contributed by atoms with Gasteiger partial charge in [-0.1, -0.05) is 44.1 Å². The monoisotopic (exact) mass is 446 g/mol. The Kier molecular flexibility index (Phi) is 6.89. The summed E-state index contributed by atoms with van der Waals surface area (Å²) in [7, 11) is 0. The third-order valence-electron chi connectivity index (χ3n) is 4.43. The topological polar surface area (TPSA) is 105 Å². The third-order valence-corrected chi connectivity index (χ3v) is 5.34. The minimum atomic E-state index is -0.506. The first-order chi connectivity index (χ1) is 14.6. The number of nitrogens with one attached hydrogen (secondary N) is 1. The van der Waals surface area contributed by atoms with Crippen LogP contribution in [0.1, 0.15) is 44.5 Å². The van der Waals surface area contributed by atoms with Gasteiger partial charge in [0, 0.05) is 36.9 Å². The molecule has 1 saturated heterocycles. The number of nitrogens with zero attached hydrogens (tertiary/aromatic N) is 3. The number of halogens is 1. The van der Waals surface area contributed by atoms with Gasteiger partial charge in [0.2, 0.25) is 11.8 Å². The quantitative estimate of drug-likeness (QED) is 0.651. The average molecular weight is 447 g/mol. The lowest BCUT2D eigenvalue weighted by atomic mass is 9.96. The first-order valence-corrected chi connectivity index (χ1v) is 10.6. The summed E-state index contributed by atoms with van der Waals surface area (Å²) in [4.78, 5) is 42.1. The molecule has 2 heterocycles. The van der Waals surface area contributed by atoms with Crippen LogP contribution in [0.3, 0.4) is 0 Å². The molecule has 1 aromatic heterocycles. The maximum absolute atomic E-state index is 13.8. The maximum atomic E-state index is 13.8. The molecule has 1 N–H and O–H groups in total. The Morgan fingerprint density at radius 3 is 2.71 bits per heavy atom. The van der Waals surface area contributed by atoms with Crippen LogP contribution in [-0.2, 0) is 21.4 Å². The van der Waals surface area contributed by atoms with Gasteiger partial charge in [-0.05, 0) is 23.9 Å². The number of thioether (sulfide) groups is 1. The van der Waals surface area contributed by atoms with Crippen LogP contribution in [0.25, 0.3) is 6.08 Å². The molecule has 164 valence electrons. The van der Waals surface area contributed by atoms with Gasteiger partial charge in [-0.25, -0.2) is 4.39 Å². The molecule has 3 amide bonds. The van der Waals surface area contributed by atoms with Crippen LogP contribution < -0.4 is 5.32 Å². The Morgan fingerprint density at radius 1 is 1.29 bits per heavy atom. The van der Waals surface area contributed by atoms with Crippen molar-refractivity contribution in [3.05, 3.63) is 52.3 Å². The molecule has 0 spiro atoms. The molecular weight excluding hydrogens is 423 g/mol. The van der Waals surface area contributed by atoms with Crippen molar-refractivity contribution in [2.45, 2.75) is 39.0 Å². The fourth-order valence-corrected chi connectivity index (χ4v) is 3.56. The summed E-state index contributed by atoms with van der Waals surface area (Å²) in [5, 5.41) is 6.12. The number of imide groups is 1. The molecule has 31 heavy (non-hydrogen) atoms. The first kappa shape index (κ1) is 22.7. The van der Waals surface area contributed by atoms with Crippen molar-refractivity contribution in [3.8, 4) is 0 Å². The minimum Gasteiger partial charge on any atom is -0.354 e. The molecule has 3 rings (SSSR count). The lowest BCUT2D eigenvalue weighted by Gasteiger charge is -2.12. The Balaban J connectivity index is 1.47. The number of benzene rings is 1. The van der Waals surface area contributed by atoms with E-state index < -0.39 is 17.0 Å². The van der Waals surface area contributed by atoms with Crippen LogP contribution >= 0.6 is 11.8 Å². The molecule has 1 fully saturated rings. The second-order valence-electron chi connectivity index (χ2n) is 7.97. The zero-order valence-corrected chi connectivity index (χ0v) is 18.3. The van der Waals surface area contributed by atoms with Gasteiger partial charge in [0.1, 0.15) is 5.82 Å². The third kappa shape index (κ3) is 5.78. The maximum Gasteiger partial charge on any atom is 0.293 e. The average Bonchev–Trinajstić information content (AvgIpc) is 3.28. The molecule has 1 aromatic carbocycles. The summed E-state index contributed by atoms with van der Waals surface area (Å²) in [5.41, 5.74) is -0.00640. The summed E-state index contributed by atoms with van der Waals surface area (Å²) >= 11 is 0.747. The molecule has 0 bridgehead atoms. The van der Waals surface area contributed by atoms with Crippen molar-refractivity contribution >= 4 is 34.9 Å². The number of amides is 3. The number of aryl methyl sites for hydroxylation is 1. The van der Waals surface area contributed by atoms with Gasteiger partial charge in [-0.15, -0.1) is 0 Å². The summed E-state index contributed by atoms with van der Waals surface area (Å²) < 4.78 is 18.9. The number of hydrogen-bond acceptors (Lipinski definition) is 7. The van der Waals surface area contributed by atoms with Crippen LogP contribution in [0.15, 0.2) is 33.7 Å². The van der Waals surface area contributed by atoms with Crippen LogP contribution in [0, 0.1) is 5.82 Å². The van der Waals surface area contributed by atoms with Crippen molar-refractivity contribution in [2.75, 3.05) is 13.1 Å². The predicted molar refractivity (Wildman–Crippen MR) is 113 cm³/mol. The van der Waals surface area contributed by atoms with E-state index in [9.17, 15) is 18.8 Å². The Hall–Kier alpha value is -3.01. The van der Waals surface area contributed by atoms with Crippen LogP contribution in [0.2, 0.25) is 0 Å². The molecule has 10 heteroatoms. The molecule has 0 radical (unpaired) electrons. The van der Waals surface area contributed by atoms with Crippen molar-refractivity contribution in [2.24, 2.45) is 0 Å². The number of aromatic nitrogens is 2. The summed E-state index contributed by atoms with van der Waals surface area (Å²) in [6.07, 6.45) is 1.79. The van der Waals surface area contributed by atoms with E-state index in [2.05, 4.69) is 15.5 Å². The van der Waals surface area contributed by atoms with Crippen LogP contribution in [-0.4, -0.2) is 45.2 Å². The number of carbonyl (C=O) groups excluding carboxylic acids is 3. The minimum absolute atomic E-state index is 0.0275. The second-order valence-corrected chi connectivity index (χ2v) is 8.96. The Morgan fingerprint density at radius 2 is 2.03 bits per heavy atom. The van der Waals surface area contributed by atoms with Crippen molar-refractivity contribution in [1.29, 1.82) is 0 Å². The van der Waals surface area contributed by atoms with Crippen LogP contribution in [0.5, 0.6) is 0 Å². The predicted octanol–water partition coefficient (Wildman–Crippen LogP) is 3.29. The van der Waals surface area contributed by atoms with E-state index in [1.807, 2.05) is 20.8 Å². The molecule has 1 aliphatic heterocycles. The van der Waals surface area contributed by atoms with Crippen molar-refractivity contribution in [3.63, 3.8) is 0 Å². The highest BCUT2D eigenvalue weighted by Crippen LogP contribution is 2.32. The van der Waals surface area contributed by atoms with E-state index in [0.29, 0.717) is 18.1 Å². The van der Waals surface area contributed by atoms with Crippen molar-refractivity contribution in [1.82, 2.24) is 20.4 Å². The molecule has 0 aliphatic carbocycles. The lowest BCUT2D eigenvalue weighted by molar-refractivity contribution is -0.124. The molecule has 2 aromatic rings. The highest BCUT2D eigenvalue weighted by atomic mass is 32.2. The van der Waals surface area contributed by atoms with E-state index in [0.717, 1.165) is 16.7 Å². The lowest BCUT2D eigenvalue weighted by Crippen LogP contribution is -2.37. The van der Waals surface area contributed by atoms with Gasteiger partial charge in [0.15, 0.2) is 5.82 Å². The molecular formula is C21H23FN4O4S. The number of hydrogen-bond donors (Lipinski definition) is 1. The highest BCUT2D eigenvalue weighted by Gasteiger charge is 2.34. The molecule has 1 aliphatic rings. The van der Waals surface area contributed by atoms with E-state index in [1.54, 1.807) is 12.1 Å². The fourth-order valence-electron chi connectivity index (χ4n) is 2.70. The molecule has 8 nitrogen and oxygen atoms in total. The smallest absolute Gasteiger partial charge is 0.293 e. The van der Waals surface area contributed by atoms with Gasteiger partial charge in [-0.3, -0.25) is 19.3 Å².